The minimum absolute atomic E-state index is 0.0110. The van der Waals surface area contributed by atoms with Crippen LogP contribution in [0.5, 0.6) is 0 Å². The lowest BCUT2D eigenvalue weighted by Gasteiger charge is -2.33. The number of carbonyl (C=O) groups excluding carboxylic acids is 4. The molecule has 0 radical (unpaired) electrons. The van der Waals surface area contributed by atoms with E-state index in [9.17, 15) is 24.4 Å². The first-order chi connectivity index (χ1) is 20.2. The third-order valence-electron chi connectivity index (χ3n) is 9.26. The van der Waals surface area contributed by atoms with Gasteiger partial charge in [-0.25, -0.2) is 4.79 Å². The molecule has 1 aromatic carbocycles. The lowest BCUT2D eigenvalue weighted by Crippen LogP contribution is -2.57. The molecule has 2 aliphatic heterocycles. The van der Waals surface area contributed by atoms with Gasteiger partial charge in [0.2, 0.25) is 11.8 Å². The summed E-state index contributed by atoms with van der Waals surface area (Å²) in [6, 6.07) is 5.99. The first-order valence-electron chi connectivity index (χ1n) is 15.3. The minimum Gasteiger partial charge on any atom is -0.444 e. The van der Waals surface area contributed by atoms with Crippen LogP contribution in [0.3, 0.4) is 0 Å². The summed E-state index contributed by atoms with van der Waals surface area (Å²) in [4.78, 5) is 60.1. The normalized spacial score (nSPS) is 28.3. The highest BCUT2D eigenvalue weighted by Gasteiger charge is 2.55. The first-order valence-corrected chi connectivity index (χ1v) is 15.3. The maximum absolute atomic E-state index is 14.0. The van der Waals surface area contributed by atoms with Crippen molar-refractivity contribution >= 4 is 23.8 Å². The van der Waals surface area contributed by atoms with Gasteiger partial charge >= 0.3 is 6.09 Å². The van der Waals surface area contributed by atoms with Crippen molar-refractivity contribution in [1.82, 2.24) is 24.9 Å². The number of amides is 4. The maximum atomic E-state index is 14.0. The van der Waals surface area contributed by atoms with Gasteiger partial charge < -0.3 is 24.8 Å². The van der Waals surface area contributed by atoms with E-state index >= 15 is 0 Å². The molecular formula is C32H44N6O5. The highest BCUT2D eigenvalue weighted by molar-refractivity contribution is 5.94. The van der Waals surface area contributed by atoms with E-state index in [2.05, 4.69) is 11.4 Å². The van der Waals surface area contributed by atoms with Crippen LogP contribution >= 0.6 is 0 Å². The summed E-state index contributed by atoms with van der Waals surface area (Å²) >= 11 is 0. The molecule has 6 unspecified atom stereocenters. The Balaban J connectivity index is 1.32. The molecule has 11 nitrogen and oxygen atoms in total. The van der Waals surface area contributed by atoms with Gasteiger partial charge in [0.25, 0.3) is 5.91 Å². The highest BCUT2D eigenvalue weighted by atomic mass is 16.6. The molecule has 2 saturated heterocycles. The first kappa shape index (κ1) is 30.8. The number of hydrogen-bond acceptors (Lipinski definition) is 7. The molecule has 43 heavy (non-hydrogen) atoms. The van der Waals surface area contributed by atoms with Crippen LogP contribution in [0.4, 0.5) is 4.79 Å². The number of fused-ring (bicyclic) bond motifs is 2. The second kappa shape index (κ2) is 11.5. The van der Waals surface area contributed by atoms with Gasteiger partial charge in [-0.2, -0.15) is 5.26 Å². The van der Waals surface area contributed by atoms with E-state index in [0.29, 0.717) is 24.3 Å². The third kappa shape index (κ3) is 6.07. The van der Waals surface area contributed by atoms with Gasteiger partial charge in [0.15, 0.2) is 0 Å². The summed E-state index contributed by atoms with van der Waals surface area (Å²) in [5.74, 6) is -0.0268. The molecule has 1 aromatic rings. The van der Waals surface area contributed by atoms with Gasteiger partial charge in [0.1, 0.15) is 17.7 Å². The number of rotatable bonds is 7. The number of benzene rings is 1. The average Bonchev–Trinajstić information content (AvgIpc) is 3.25. The molecule has 7 atom stereocenters. The quantitative estimate of drug-likeness (QED) is 0.516. The third-order valence-corrected chi connectivity index (χ3v) is 9.26. The van der Waals surface area contributed by atoms with E-state index in [4.69, 9.17) is 4.74 Å². The summed E-state index contributed by atoms with van der Waals surface area (Å²) in [5, 5.41) is 12.4. The molecule has 232 valence electrons. The number of alkyl carbamates (subject to hydrolysis) is 1. The van der Waals surface area contributed by atoms with E-state index in [1.807, 2.05) is 42.0 Å². The van der Waals surface area contributed by atoms with Crippen molar-refractivity contribution in [3.63, 3.8) is 0 Å². The topological polar surface area (TPSA) is 126 Å². The highest BCUT2D eigenvalue weighted by Crippen LogP contribution is 2.48. The Hall–Kier alpha value is -3.65. The Morgan fingerprint density at radius 3 is 2.53 bits per heavy atom. The van der Waals surface area contributed by atoms with Crippen molar-refractivity contribution in [2.45, 2.75) is 102 Å². The predicted octanol–water partition coefficient (Wildman–Crippen LogP) is 2.70. The standard InChI is InChI=1S/C32H44N6O5/c1-18-12-27(30(41)37(18)25-11-9-19-13-20(8-10-23(19)25)28(39)35(5)6)36(7)17-24(34-31(42)43-32(2,3)4)29(40)38-22(16-33)14-21-15-26(21)38/h8,10,13,18,21-22,24-27H,9,11-12,14-15,17H2,1-7H3,(H,34,42)/t18-,21?,22?,24?,25?,26?,27?/m1/s1. The van der Waals surface area contributed by atoms with Crippen molar-refractivity contribution in [3.05, 3.63) is 34.9 Å². The number of nitriles is 1. The fourth-order valence-corrected chi connectivity index (χ4v) is 7.15. The van der Waals surface area contributed by atoms with Crippen LogP contribution in [0.15, 0.2) is 18.2 Å². The number of ether oxygens (including phenoxy) is 1. The summed E-state index contributed by atoms with van der Waals surface area (Å²) in [6.07, 6.45) is 2.99. The van der Waals surface area contributed by atoms with Gasteiger partial charge in [-0.15, -0.1) is 0 Å². The summed E-state index contributed by atoms with van der Waals surface area (Å²) in [5.41, 5.74) is 2.07. The summed E-state index contributed by atoms with van der Waals surface area (Å²) in [6.45, 7) is 7.42. The Bertz CT molecular complexity index is 1350. The molecular weight excluding hydrogens is 548 g/mol. The molecule has 4 aliphatic rings. The molecule has 0 spiro atoms. The maximum Gasteiger partial charge on any atom is 0.408 e. The molecule has 5 rings (SSSR count). The lowest BCUT2D eigenvalue weighted by molar-refractivity contribution is -0.138. The minimum atomic E-state index is -0.966. The van der Waals surface area contributed by atoms with E-state index in [1.54, 1.807) is 44.7 Å². The fraction of sp³-hybridized carbons (Fsp3) is 0.656. The van der Waals surface area contributed by atoms with Gasteiger partial charge in [-0.1, -0.05) is 6.07 Å². The molecule has 4 amide bonds. The van der Waals surface area contributed by atoms with Gasteiger partial charge in [0, 0.05) is 38.3 Å². The van der Waals surface area contributed by atoms with Crippen molar-refractivity contribution in [2.75, 3.05) is 27.7 Å². The molecule has 1 N–H and O–H groups in total. The van der Waals surface area contributed by atoms with Gasteiger partial charge in [-0.05, 0) is 96.0 Å². The lowest BCUT2D eigenvalue weighted by atomic mass is 10.0. The SMILES string of the molecule is C[C@@H]1CC(N(C)CC(NC(=O)OC(C)(C)C)C(=O)N2C(C#N)CC3CC32)C(=O)N1C1CCc2cc(C(=O)N(C)C)ccc21. The molecule has 1 saturated carbocycles. The number of hydrogen-bond donors (Lipinski definition) is 1. The molecule has 2 aliphatic carbocycles. The zero-order valence-electron chi connectivity index (χ0n) is 26.3. The number of piperidine rings is 1. The van der Waals surface area contributed by atoms with Crippen molar-refractivity contribution in [1.29, 1.82) is 5.26 Å². The van der Waals surface area contributed by atoms with Crippen LogP contribution in [0, 0.1) is 17.2 Å². The molecule has 0 bridgehead atoms. The Labute approximate surface area is 254 Å². The fourth-order valence-electron chi connectivity index (χ4n) is 7.15. The van der Waals surface area contributed by atoms with E-state index < -0.39 is 29.8 Å². The van der Waals surface area contributed by atoms with Crippen LogP contribution in [0.2, 0.25) is 0 Å². The van der Waals surface area contributed by atoms with Crippen molar-refractivity contribution in [2.24, 2.45) is 5.92 Å². The van der Waals surface area contributed by atoms with Crippen LogP contribution in [0.25, 0.3) is 0 Å². The van der Waals surface area contributed by atoms with Crippen LogP contribution in [-0.2, 0) is 20.7 Å². The average molecular weight is 593 g/mol. The number of likely N-dealkylation sites (N-methyl/N-ethyl adjacent to an activating group) is 1. The van der Waals surface area contributed by atoms with Gasteiger partial charge in [-0.3, -0.25) is 19.3 Å². The zero-order valence-corrected chi connectivity index (χ0v) is 26.3. The second-order valence-corrected chi connectivity index (χ2v) is 13.8. The monoisotopic (exact) mass is 592 g/mol. The Morgan fingerprint density at radius 2 is 1.88 bits per heavy atom. The molecule has 0 aromatic heterocycles. The summed E-state index contributed by atoms with van der Waals surface area (Å²) in [7, 11) is 5.27. The van der Waals surface area contributed by atoms with Crippen molar-refractivity contribution < 1.29 is 23.9 Å². The molecule has 11 heteroatoms. The summed E-state index contributed by atoms with van der Waals surface area (Å²) < 4.78 is 5.47. The van der Waals surface area contributed by atoms with E-state index in [-0.39, 0.29) is 42.4 Å². The van der Waals surface area contributed by atoms with E-state index in [1.165, 1.54) is 0 Å². The molecule has 2 heterocycles. The van der Waals surface area contributed by atoms with Crippen LogP contribution in [-0.4, -0.2) is 107 Å². The van der Waals surface area contributed by atoms with Crippen LogP contribution < -0.4 is 5.32 Å². The number of likely N-dealkylation sites (tertiary alicyclic amines) is 2. The number of carbonyl (C=O) groups is 4. The Morgan fingerprint density at radius 1 is 1.16 bits per heavy atom. The number of aryl methyl sites for hydroxylation is 1. The zero-order chi connectivity index (χ0) is 31.4. The van der Waals surface area contributed by atoms with Crippen molar-refractivity contribution in [3.8, 4) is 6.07 Å². The number of nitrogens with zero attached hydrogens (tertiary/aromatic N) is 5. The largest absolute Gasteiger partial charge is 0.444 e. The number of nitrogens with one attached hydrogen (secondary N) is 1. The van der Waals surface area contributed by atoms with E-state index in [0.717, 1.165) is 30.4 Å². The Kier molecular flexibility index (Phi) is 8.20. The predicted molar refractivity (Wildman–Crippen MR) is 159 cm³/mol. The van der Waals surface area contributed by atoms with Crippen LogP contribution in [0.1, 0.15) is 80.9 Å². The molecule has 3 fully saturated rings. The smallest absolute Gasteiger partial charge is 0.408 e. The second-order valence-electron chi connectivity index (χ2n) is 13.8. The van der Waals surface area contributed by atoms with Gasteiger partial charge in [0.05, 0.1) is 18.2 Å².